The van der Waals surface area contributed by atoms with Gasteiger partial charge in [-0.3, -0.25) is 4.79 Å². The summed E-state index contributed by atoms with van der Waals surface area (Å²) in [6.45, 7) is 1.42. The Morgan fingerprint density at radius 2 is 2.27 bits per heavy atom. The second kappa shape index (κ2) is 4.35. The summed E-state index contributed by atoms with van der Waals surface area (Å²) in [7, 11) is 0. The molecule has 1 fully saturated rings. The predicted molar refractivity (Wildman–Crippen MR) is 54.9 cm³/mol. The predicted octanol–water partition coefficient (Wildman–Crippen LogP) is -0.421. The number of nitrogens with two attached hydrogens (primary N) is 1. The third kappa shape index (κ3) is 2.50. The Morgan fingerprint density at radius 3 is 2.87 bits per heavy atom. The fourth-order valence-corrected chi connectivity index (χ4v) is 1.68. The van der Waals surface area contributed by atoms with E-state index in [0.29, 0.717) is 12.4 Å². The molecule has 2 rings (SSSR count). The van der Waals surface area contributed by atoms with E-state index in [0.717, 1.165) is 13.0 Å². The van der Waals surface area contributed by atoms with Crippen molar-refractivity contribution in [2.45, 2.75) is 18.9 Å². The maximum atomic E-state index is 11.8. The molecule has 1 saturated heterocycles. The first-order valence-electron chi connectivity index (χ1n) is 5.05. The summed E-state index contributed by atoms with van der Waals surface area (Å²) < 4.78 is 0. The Kier molecular flexibility index (Phi) is 2.91. The smallest absolute Gasteiger partial charge is 0.230 e. The van der Waals surface area contributed by atoms with Crippen LogP contribution in [-0.4, -0.2) is 39.9 Å². The zero-order chi connectivity index (χ0) is 10.7. The van der Waals surface area contributed by atoms with Crippen LogP contribution in [0.4, 0.5) is 0 Å². The van der Waals surface area contributed by atoms with E-state index in [2.05, 4.69) is 9.97 Å². The monoisotopic (exact) mass is 206 g/mol. The number of likely N-dealkylation sites (tertiary alicyclic amines) is 1. The van der Waals surface area contributed by atoms with Crippen LogP contribution in [0.3, 0.4) is 0 Å². The van der Waals surface area contributed by atoms with Gasteiger partial charge >= 0.3 is 0 Å². The highest BCUT2D eigenvalue weighted by Gasteiger charge is 2.23. The zero-order valence-electron chi connectivity index (χ0n) is 8.47. The normalized spacial score (nSPS) is 20.6. The molecule has 1 aliphatic rings. The number of carbonyl (C=O) groups excluding carboxylic acids is 1. The minimum atomic E-state index is 0.0640. The Morgan fingerprint density at radius 1 is 1.53 bits per heavy atom. The fraction of sp³-hybridized carbons (Fsp3) is 0.500. The summed E-state index contributed by atoms with van der Waals surface area (Å²) in [6.07, 6.45) is 4.45. The summed E-state index contributed by atoms with van der Waals surface area (Å²) >= 11 is 0. The first-order valence-corrected chi connectivity index (χ1v) is 5.05. The Balaban J connectivity index is 1.93. The third-order valence-electron chi connectivity index (χ3n) is 2.51. The van der Waals surface area contributed by atoms with E-state index in [1.807, 2.05) is 0 Å². The van der Waals surface area contributed by atoms with Gasteiger partial charge in [0, 0.05) is 31.5 Å². The number of carbonyl (C=O) groups is 1. The van der Waals surface area contributed by atoms with Gasteiger partial charge in [0.15, 0.2) is 0 Å². The third-order valence-corrected chi connectivity index (χ3v) is 2.51. The van der Waals surface area contributed by atoms with Crippen LogP contribution in [0.25, 0.3) is 0 Å². The lowest BCUT2D eigenvalue weighted by Crippen LogP contribution is -2.33. The van der Waals surface area contributed by atoms with E-state index >= 15 is 0 Å². The average molecular weight is 206 g/mol. The molecule has 80 valence electrons. The van der Waals surface area contributed by atoms with Crippen molar-refractivity contribution in [3.05, 3.63) is 24.3 Å². The molecule has 15 heavy (non-hydrogen) atoms. The number of rotatable bonds is 2. The largest absolute Gasteiger partial charge is 0.341 e. The standard InChI is InChI=1S/C10H14N4O/c11-8-2-5-14(7-8)10(15)6-9-12-3-1-4-13-9/h1,3-4,8H,2,5-7,11H2. The van der Waals surface area contributed by atoms with Gasteiger partial charge in [-0.25, -0.2) is 9.97 Å². The minimum absolute atomic E-state index is 0.0640. The van der Waals surface area contributed by atoms with Crippen LogP contribution in [0.2, 0.25) is 0 Å². The van der Waals surface area contributed by atoms with Crippen molar-refractivity contribution < 1.29 is 4.79 Å². The van der Waals surface area contributed by atoms with Gasteiger partial charge in [0.25, 0.3) is 0 Å². The van der Waals surface area contributed by atoms with Crippen LogP contribution >= 0.6 is 0 Å². The molecule has 0 aliphatic carbocycles. The summed E-state index contributed by atoms with van der Waals surface area (Å²) in [5, 5.41) is 0. The molecule has 0 bridgehead atoms. The Hall–Kier alpha value is -1.49. The molecule has 0 aromatic carbocycles. The van der Waals surface area contributed by atoms with Gasteiger partial charge in [0.05, 0.1) is 6.42 Å². The SMILES string of the molecule is NC1CCN(C(=O)Cc2ncccn2)C1. The van der Waals surface area contributed by atoms with E-state index in [1.54, 1.807) is 23.4 Å². The molecule has 5 heteroatoms. The lowest BCUT2D eigenvalue weighted by atomic mass is 10.3. The molecule has 1 unspecified atom stereocenters. The van der Waals surface area contributed by atoms with Crippen LogP contribution in [0.5, 0.6) is 0 Å². The number of hydrogen-bond acceptors (Lipinski definition) is 4. The second-order valence-corrected chi connectivity index (χ2v) is 3.73. The summed E-state index contributed by atoms with van der Waals surface area (Å²) in [5.74, 6) is 0.636. The van der Waals surface area contributed by atoms with Gasteiger partial charge in [-0.2, -0.15) is 0 Å². The number of amides is 1. The molecular weight excluding hydrogens is 192 g/mol. The van der Waals surface area contributed by atoms with Crippen LogP contribution in [0.1, 0.15) is 12.2 Å². The average Bonchev–Trinajstić information content (AvgIpc) is 2.66. The maximum Gasteiger partial charge on any atom is 0.230 e. The molecule has 1 amide bonds. The number of nitrogens with zero attached hydrogens (tertiary/aromatic N) is 3. The van der Waals surface area contributed by atoms with Crippen molar-refractivity contribution in [1.29, 1.82) is 0 Å². The van der Waals surface area contributed by atoms with Gasteiger partial charge in [-0.15, -0.1) is 0 Å². The van der Waals surface area contributed by atoms with E-state index in [-0.39, 0.29) is 18.4 Å². The molecule has 0 spiro atoms. The van der Waals surface area contributed by atoms with Gasteiger partial charge < -0.3 is 10.6 Å². The molecule has 1 aromatic heterocycles. The Bertz CT molecular complexity index is 341. The van der Waals surface area contributed by atoms with E-state index < -0.39 is 0 Å². The summed E-state index contributed by atoms with van der Waals surface area (Å²) in [5.41, 5.74) is 5.73. The van der Waals surface area contributed by atoms with Crippen molar-refractivity contribution in [3.63, 3.8) is 0 Å². The lowest BCUT2D eigenvalue weighted by molar-refractivity contribution is -0.129. The minimum Gasteiger partial charge on any atom is -0.341 e. The molecule has 5 nitrogen and oxygen atoms in total. The number of hydrogen-bond donors (Lipinski definition) is 1. The second-order valence-electron chi connectivity index (χ2n) is 3.73. The van der Waals surface area contributed by atoms with Crippen molar-refractivity contribution >= 4 is 5.91 Å². The number of aromatic nitrogens is 2. The molecule has 1 aliphatic heterocycles. The molecular formula is C10H14N4O. The van der Waals surface area contributed by atoms with Crippen molar-refractivity contribution in [2.24, 2.45) is 5.73 Å². The highest BCUT2D eigenvalue weighted by molar-refractivity contribution is 5.78. The molecule has 0 radical (unpaired) electrons. The lowest BCUT2D eigenvalue weighted by Gasteiger charge is -2.14. The van der Waals surface area contributed by atoms with Crippen LogP contribution in [-0.2, 0) is 11.2 Å². The van der Waals surface area contributed by atoms with Gasteiger partial charge in [-0.05, 0) is 12.5 Å². The van der Waals surface area contributed by atoms with Crippen LogP contribution in [0, 0.1) is 0 Å². The van der Waals surface area contributed by atoms with E-state index in [9.17, 15) is 4.79 Å². The van der Waals surface area contributed by atoms with Crippen molar-refractivity contribution in [2.75, 3.05) is 13.1 Å². The van der Waals surface area contributed by atoms with E-state index in [1.165, 1.54) is 0 Å². The quantitative estimate of drug-likeness (QED) is 0.713. The van der Waals surface area contributed by atoms with Gasteiger partial charge in [0.2, 0.25) is 5.91 Å². The van der Waals surface area contributed by atoms with Gasteiger partial charge in [0.1, 0.15) is 5.82 Å². The topological polar surface area (TPSA) is 72.1 Å². The highest BCUT2D eigenvalue weighted by Crippen LogP contribution is 2.08. The fourth-order valence-electron chi connectivity index (χ4n) is 1.68. The maximum absolute atomic E-state index is 11.8. The summed E-state index contributed by atoms with van der Waals surface area (Å²) in [6, 6.07) is 1.87. The van der Waals surface area contributed by atoms with Crippen LogP contribution < -0.4 is 5.73 Å². The van der Waals surface area contributed by atoms with Crippen LogP contribution in [0.15, 0.2) is 18.5 Å². The molecule has 1 atom stereocenters. The molecule has 0 saturated carbocycles. The first kappa shape index (κ1) is 10.0. The van der Waals surface area contributed by atoms with Crippen molar-refractivity contribution in [1.82, 2.24) is 14.9 Å². The van der Waals surface area contributed by atoms with E-state index in [4.69, 9.17) is 5.73 Å². The molecule has 2 heterocycles. The van der Waals surface area contributed by atoms with Crippen molar-refractivity contribution in [3.8, 4) is 0 Å². The zero-order valence-corrected chi connectivity index (χ0v) is 8.47. The van der Waals surface area contributed by atoms with Gasteiger partial charge in [-0.1, -0.05) is 0 Å². The first-order chi connectivity index (χ1) is 7.25. The molecule has 1 aromatic rings. The summed E-state index contributed by atoms with van der Waals surface area (Å²) in [4.78, 5) is 21.6. The molecule has 2 N–H and O–H groups in total. The highest BCUT2D eigenvalue weighted by atomic mass is 16.2. The Labute approximate surface area is 88.3 Å².